The second-order valence-corrected chi connectivity index (χ2v) is 15.5. The Morgan fingerprint density at radius 3 is 1.02 bits per heavy atom. The van der Waals surface area contributed by atoms with E-state index in [-0.39, 0.29) is 47.5 Å². The minimum absolute atomic E-state index is 0. The molecule has 9 heteroatoms. The maximum Gasteiger partial charge on any atom is 2.00 e. The number of rotatable bonds is 18. The Morgan fingerprint density at radius 1 is 0.449 bits per heavy atom. The summed E-state index contributed by atoms with van der Waals surface area (Å²) in [5.41, 5.74) is 3.36. The Bertz CT molecular complexity index is 1700. The van der Waals surface area contributed by atoms with Crippen LogP contribution in [0.25, 0.3) is 21.5 Å². The van der Waals surface area contributed by atoms with Gasteiger partial charge in [-0.25, -0.2) is 16.8 Å². The van der Waals surface area contributed by atoms with Crippen molar-refractivity contribution in [2.75, 3.05) is 0 Å². The molecule has 4 aromatic rings. The van der Waals surface area contributed by atoms with E-state index in [0.717, 1.165) is 123 Å². The van der Waals surface area contributed by atoms with Crippen LogP contribution in [0.15, 0.2) is 70.5 Å². The first-order valence-corrected chi connectivity index (χ1v) is 20.8. The van der Waals surface area contributed by atoms with E-state index in [1.54, 1.807) is 12.1 Å². The van der Waals surface area contributed by atoms with Gasteiger partial charge in [-0.1, -0.05) is 128 Å². The average Bonchev–Trinajstić information content (AvgIpc) is 3.05. The maximum absolute atomic E-state index is 11.9. The third-order valence-corrected chi connectivity index (χ3v) is 10.9. The molecule has 0 saturated carbocycles. The molecule has 0 bridgehead atoms. The van der Waals surface area contributed by atoms with Crippen molar-refractivity contribution in [1.29, 1.82) is 0 Å². The van der Waals surface area contributed by atoms with E-state index in [0.29, 0.717) is 24.0 Å². The Hall–Kier alpha value is -1.52. The normalized spacial score (nSPS) is 11.7. The standard InChI is InChI=1S/2C20H28O3S.Ca/c2*1-3-5-7-11-16-15-20(24(21,22)23)19(14-8-6-4-2)18-13-10-9-12-17(16)18;/h2*9-10,12-13,15H,3-8,11,14H2,1-2H3,(H,21,22,23);/q;;+2/p-2. The number of hydrogen-bond acceptors (Lipinski definition) is 6. The number of unbranched alkanes of at least 4 members (excludes halogenated alkanes) is 8. The fourth-order valence-corrected chi connectivity index (χ4v) is 8.18. The number of fused-ring (bicyclic) bond motifs is 2. The van der Waals surface area contributed by atoms with Gasteiger partial charge in [-0.2, -0.15) is 0 Å². The average molecular weight is 735 g/mol. The topological polar surface area (TPSA) is 114 Å². The van der Waals surface area contributed by atoms with Crippen molar-refractivity contribution < 1.29 is 25.9 Å². The summed E-state index contributed by atoms with van der Waals surface area (Å²) in [5.74, 6) is 0. The zero-order chi connectivity index (χ0) is 35.2. The fraction of sp³-hybridized carbons (Fsp3) is 0.500. The van der Waals surface area contributed by atoms with Gasteiger partial charge in [0.1, 0.15) is 20.2 Å². The molecule has 0 aliphatic heterocycles. The van der Waals surface area contributed by atoms with Gasteiger partial charge in [0, 0.05) is 0 Å². The molecule has 0 amide bonds. The van der Waals surface area contributed by atoms with E-state index in [1.165, 1.54) is 0 Å². The molecule has 4 rings (SSSR count). The first-order chi connectivity index (χ1) is 23.0. The number of aryl methyl sites for hydroxylation is 4. The molecule has 0 aromatic heterocycles. The maximum atomic E-state index is 11.9. The number of benzene rings is 4. The Balaban J connectivity index is 0.000000333. The van der Waals surface area contributed by atoms with Gasteiger partial charge < -0.3 is 9.11 Å². The van der Waals surface area contributed by atoms with Crippen molar-refractivity contribution in [1.82, 2.24) is 0 Å². The van der Waals surface area contributed by atoms with E-state index in [4.69, 9.17) is 0 Å². The van der Waals surface area contributed by atoms with Crippen LogP contribution in [-0.4, -0.2) is 63.7 Å². The zero-order valence-corrected chi connectivity index (χ0v) is 33.9. The van der Waals surface area contributed by atoms with Gasteiger partial charge in [0.2, 0.25) is 0 Å². The molecule has 0 heterocycles. The Morgan fingerprint density at radius 2 is 0.735 bits per heavy atom. The van der Waals surface area contributed by atoms with Crippen LogP contribution in [0.4, 0.5) is 0 Å². The van der Waals surface area contributed by atoms with Gasteiger partial charge in [-0.3, -0.25) is 0 Å². The first-order valence-electron chi connectivity index (χ1n) is 18.0. The monoisotopic (exact) mass is 734 g/mol. The van der Waals surface area contributed by atoms with Gasteiger partial charge in [0.05, 0.1) is 9.79 Å². The van der Waals surface area contributed by atoms with Gasteiger partial charge in [0.15, 0.2) is 0 Å². The quantitative estimate of drug-likeness (QED) is 0.0571. The van der Waals surface area contributed by atoms with E-state index in [9.17, 15) is 25.9 Å². The smallest absolute Gasteiger partial charge is 0.744 e. The van der Waals surface area contributed by atoms with E-state index in [1.807, 2.05) is 48.5 Å². The van der Waals surface area contributed by atoms with Crippen LogP contribution >= 0.6 is 0 Å². The van der Waals surface area contributed by atoms with E-state index >= 15 is 0 Å². The molecule has 0 aliphatic carbocycles. The second-order valence-electron chi connectivity index (χ2n) is 12.9. The first kappa shape index (κ1) is 43.6. The summed E-state index contributed by atoms with van der Waals surface area (Å²) >= 11 is 0. The van der Waals surface area contributed by atoms with Crippen molar-refractivity contribution >= 4 is 79.5 Å². The van der Waals surface area contributed by atoms with Gasteiger partial charge in [-0.15, -0.1) is 0 Å². The largest absolute Gasteiger partial charge is 2.00 e. The summed E-state index contributed by atoms with van der Waals surface area (Å²) in [5, 5.41) is 4.04. The molecular formula is C40H54CaO6S2. The molecule has 0 N–H and O–H groups in total. The minimum Gasteiger partial charge on any atom is -0.744 e. The molecule has 4 aromatic carbocycles. The Kier molecular flexibility index (Phi) is 19.4. The zero-order valence-electron chi connectivity index (χ0n) is 30.1. The van der Waals surface area contributed by atoms with Gasteiger partial charge in [-0.05, 0) is 107 Å². The summed E-state index contributed by atoms with van der Waals surface area (Å²) in [6.07, 6.45) is 15.3. The van der Waals surface area contributed by atoms with Crippen molar-refractivity contribution in [2.45, 2.75) is 140 Å². The molecule has 0 radical (unpaired) electrons. The fourth-order valence-electron chi connectivity index (χ4n) is 6.57. The summed E-state index contributed by atoms with van der Waals surface area (Å²) in [4.78, 5) is -0.0207. The molecular weight excluding hydrogens is 681 g/mol. The molecule has 0 aliphatic rings. The van der Waals surface area contributed by atoms with Crippen molar-refractivity contribution in [2.24, 2.45) is 0 Å². The molecule has 264 valence electrons. The predicted octanol–water partition coefficient (Wildman–Crippen LogP) is 10.0. The molecule has 0 spiro atoms. The van der Waals surface area contributed by atoms with Crippen LogP contribution < -0.4 is 0 Å². The van der Waals surface area contributed by atoms with Crippen LogP contribution in [-0.2, 0) is 45.9 Å². The molecule has 6 nitrogen and oxygen atoms in total. The molecule has 0 saturated heterocycles. The third-order valence-electron chi connectivity index (χ3n) is 9.10. The Labute approximate surface area is 326 Å². The van der Waals surface area contributed by atoms with Crippen molar-refractivity contribution in [3.05, 3.63) is 82.9 Å². The van der Waals surface area contributed by atoms with Crippen LogP contribution in [0.1, 0.15) is 127 Å². The van der Waals surface area contributed by atoms with Crippen LogP contribution in [0, 0.1) is 0 Å². The molecule has 0 unspecified atom stereocenters. The third kappa shape index (κ3) is 12.9. The molecule has 49 heavy (non-hydrogen) atoms. The van der Waals surface area contributed by atoms with Gasteiger partial charge >= 0.3 is 37.7 Å². The van der Waals surface area contributed by atoms with Gasteiger partial charge in [0.25, 0.3) is 0 Å². The minimum atomic E-state index is -4.47. The summed E-state index contributed by atoms with van der Waals surface area (Å²) < 4.78 is 71.1. The number of hydrogen-bond donors (Lipinski definition) is 0. The van der Waals surface area contributed by atoms with Crippen molar-refractivity contribution in [3.8, 4) is 0 Å². The van der Waals surface area contributed by atoms with Crippen LogP contribution in [0.5, 0.6) is 0 Å². The molecule has 0 fully saturated rings. The predicted molar refractivity (Wildman–Crippen MR) is 202 cm³/mol. The summed E-state index contributed by atoms with van der Waals surface area (Å²) in [6, 6.07) is 19.1. The van der Waals surface area contributed by atoms with Crippen LogP contribution in [0.3, 0.4) is 0 Å². The molecule has 0 atom stereocenters. The van der Waals surface area contributed by atoms with E-state index in [2.05, 4.69) is 27.7 Å². The van der Waals surface area contributed by atoms with Crippen LogP contribution in [0.2, 0.25) is 0 Å². The summed E-state index contributed by atoms with van der Waals surface area (Å²) in [7, 11) is -8.93. The second kappa shape index (κ2) is 21.8. The SMILES string of the molecule is CCCCCc1cc(S(=O)(=O)[O-])c(CCCCC)c2ccccc12.CCCCCc1cc(S(=O)(=O)[O-])c(CCCCC)c2ccccc12.[Ca+2]. The summed E-state index contributed by atoms with van der Waals surface area (Å²) in [6.45, 7) is 8.51. The van der Waals surface area contributed by atoms with E-state index < -0.39 is 20.2 Å². The van der Waals surface area contributed by atoms with Crippen molar-refractivity contribution in [3.63, 3.8) is 0 Å².